The van der Waals surface area contributed by atoms with Gasteiger partial charge in [-0.2, -0.15) is 0 Å². The smallest absolute Gasteiger partial charge is 0.251 e. The molecule has 3 rings (SSSR count). The number of rotatable bonds is 6. The van der Waals surface area contributed by atoms with E-state index in [1.807, 2.05) is 13.8 Å². The maximum atomic E-state index is 11.9. The summed E-state index contributed by atoms with van der Waals surface area (Å²) < 4.78 is 12.8. The van der Waals surface area contributed by atoms with Crippen molar-refractivity contribution in [1.82, 2.24) is 19.5 Å². The first-order valence-corrected chi connectivity index (χ1v) is 8.57. The first kappa shape index (κ1) is 19.4. The van der Waals surface area contributed by atoms with Crippen LogP contribution in [-0.2, 0) is 14.3 Å². The number of aliphatic hydroxyl groups is 2. The van der Waals surface area contributed by atoms with Crippen LogP contribution in [0.25, 0.3) is 11.2 Å². The minimum absolute atomic E-state index is 0.0294. The molecule has 0 unspecified atom stereocenters. The molecule has 1 saturated heterocycles. The molecular formula is C17H23N5O5. The highest BCUT2D eigenvalue weighted by Crippen LogP contribution is 2.32. The van der Waals surface area contributed by atoms with E-state index in [-0.39, 0.29) is 24.4 Å². The number of aromatic nitrogens is 4. The van der Waals surface area contributed by atoms with Gasteiger partial charge in [0, 0.05) is 5.57 Å². The van der Waals surface area contributed by atoms with Crippen LogP contribution in [0.2, 0.25) is 0 Å². The van der Waals surface area contributed by atoms with Gasteiger partial charge in [0.2, 0.25) is 0 Å². The van der Waals surface area contributed by atoms with Crippen LogP contribution in [0.15, 0.2) is 24.8 Å². The predicted molar refractivity (Wildman–Crippen MR) is 95.8 cm³/mol. The molecule has 3 heterocycles. The SMILES string of the molecule is C=C(C)C(=O)Nc1ncnc2c1ncn2[C@@H]1O[C@@H](COC(C)C)[C@@H](O)[C@H]1O. The van der Waals surface area contributed by atoms with Gasteiger partial charge in [0.15, 0.2) is 23.2 Å². The van der Waals surface area contributed by atoms with E-state index in [1.54, 1.807) is 6.92 Å². The van der Waals surface area contributed by atoms with E-state index in [9.17, 15) is 15.0 Å². The van der Waals surface area contributed by atoms with Crippen LogP contribution < -0.4 is 5.32 Å². The van der Waals surface area contributed by atoms with Crippen molar-refractivity contribution < 1.29 is 24.5 Å². The second kappa shape index (κ2) is 7.69. The van der Waals surface area contributed by atoms with E-state index in [1.165, 1.54) is 17.2 Å². The first-order chi connectivity index (χ1) is 12.8. The third-order valence-electron chi connectivity index (χ3n) is 4.18. The number of anilines is 1. The molecule has 3 N–H and O–H groups in total. The number of imidazole rings is 1. The standard InChI is InChI=1S/C17H23N5O5/c1-8(2)16(25)21-14-11-15(19-6-18-14)22(7-20-11)17-13(24)12(23)10(27-17)5-26-9(3)4/h6-7,9-10,12-13,17,23-24H,1,5H2,2-4H3,(H,18,19,21,25)/t10-,12+,13+,17+/m0/s1. The van der Waals surface area contributed by atoms with Gasteiger partial charge >= 0.3 is 0 Å². The molecule has 0 spiro atoms. The largest absolute Gasteiger partial charge is 0.387 e. The number of nitrogens with one attached hydrogen (secondary N) is 1. The van der Waals surface area contributed by atoms with E-state index < -0.39 is 24.5 Å². The Kier molecular flexibility index (Phi) is 5.51. The summed E-state index contributed by atoms with van der Waals surface area (Å²) in [5.41, 5.74) is 1.01. The molecule has 0 bridgehead atoms. The lowest BCUT2D eigenvalue weighted by Crippen LogP contribution is -2.34. The highest BCUT2D eigenvalue weighted by molar-refractivity contribution is 6.05. The van der Waals surface area contributed by atoms with Gasteiger partial charge in [-0.15, -0.1) is 0 Å². The summed E-state index contributed by atoms with van der Waals surface area (Å²) in [7, 11) is 0. The molecule has 1 fully saturated rings. The van der Waals surface area contributed by atoms with E-state index in [0.29, 0.717) is 16.7 Å². The summed E-state index contributed by atoms with van der Waals surface area (Å²) in [5.74, 6) is -0.164. The van der Waals surface area contributed by atoms with Gasteiger partial charge < -0.3 is 25.0 Å². The maximum absolute atomic E-state index is 11.9. The molecule has 10 nitrogen and oxygen atoms in total. The van der Waals surface area contributed by atoms with Crippen molar-refractivity contribution in [3.05, 3.63) is 24.8 Å². The lowest BCUT2D eigenvalue weighted by molar-refractivity contribution is -0.112. The summed E-state index contributed by atoms with van der Waals surface area (Å²) in [6.45, 7) is 9.05. The third kappa shape index (κ3) is 3.83. The Morgan fingerprint density at radius 2 is 2.11 bits per heavy atom. The Balaban J connectivity index is 1.87. The second-order valence-corrected chi connectivity index (χ2v) is 6.71. The van der Waals surface area contributed by atoms with E-state index in [4.69, 9.17) is 9.47 Å². The number of ether oxygens (including phenoxy) is 2. The van der Waals surface area contributed by atoms with Gasteiger partial charge in [-0.1, -0.05) is 6.58 Å². The molecule has 1 aliphatic rings. The molecular weight excluding hydrogens is 354 g/mol. The summed E-state index contributed by atoms with van der Waals surface area (Å²) in [4.78, 5) is 24.3. The molecule has 27 heavy (non-hydrogen) atoms. The van der Waals surface area contributed by atoms with Crippen LogP contribution >= 0.6 is 0 Å². The van der Waals surface area contributed by atoms with E-state index >= 15 is 0 Å². The number of aliphatic hydroxyl groups excluding tert-OH is 2. The van der Waals surface area contributed by atoms with Crippen LogP contribution in [0.4, 0.5) is 5.82 Å². The fraction of sp³-hybridized carbons (Fsp3) is 0.529. The van der Waals surface area contributed by atoms with Crippen molar-refractivity contribution in [2.45, 2.75) is 51.4 Å². The molecule has 0 radical (unpaired) electrons. The number of amides is 1. The monoisotopic (exact) mass is 377 g/mol. The van der Waals surface area contributed by atoms with Crippen molar-refractivity contribution in [1.29, 1.82) is 0 Å². The third-order valence-corrected chi connectivity index (χ3v) is 4.18. The molecule has 0 aliphatic carbocycles. The number of hydrogen-bond donors (Lipinski definition) is 3. The average molecular weight is 377 g/mol. The molecule has 2 aromatic heterocycles. The summed E-state index contributed by atoms with van der Waals surface area (Å²) in [6.07, 6.45) is -1.23. The Morgan fingerprint density at radius 1 is 1.37 bits per heavy atom. The molecule has 0 saturated carbocycles. The van der Waals surface area contributed by atoms with Crippen molar-refractivity contribution >= 4 is 22.9 Å². The molecule has 1 amide bonds. The van der Waals surface area contributed by atoms with Crippen molar-refractivity contribution in [2.24, 2.45) is 0 Å². The maximum Gasteiger partial charge on any atom is 0.251 e. The Labute approximate surface area is 155 Å². The Hall–Kier alpha value is -2.40. The minimum Gasteiger partial charge on any atom is -0.387 e. The Bertz CT molecular complexity index is 851. The van der Waals surface area contributed by atoms with Gasteiger partial charge in [0.1, 0.15) is 24.6 Å². The molecule has 1 aliphatic heterocycles. The number of fused-ring (bicyclic) bond motifs is 1. The highest BCUT2D eigenvalue weighted by atomic mass is 16.6. The predicted octanol–water partition coefficient (Wildman–Crippen LogP) is 0.385. The number of nitrogens with zero attached hydrogens (tertiary/aromatic N) is 4. The van der Waals surface area contributed by atoms with Crippen LogP contribution in [0.3, 0.4) is 0 Å². The topological polar surface area (TPSA) is 132 Å². The number of carbonyl (C=O) groups is 1. The van der Waals surface area contributed by atoms with Gasteiger partial charge in [-0.25, -0.2) is 15.0 Å². The van der Waals surface area contributed by atoms with Crippen molar-refractivity contribution in [2.75, 3.05) is 11.9 Å². The highest BCUT2D eigenvalue weighted by Gasteiger charge is 2.44. The zero-order valence-electron chi connectivity index (χ0n) is 15.4. The van der Waals surface area contributed by atoms with Crippen molar-refractivity contribution in [3.63, 3.8) is 0 Å². The summed E-state index contributed by atoms with van der Waals surface area (Å²) in [6, 6.07) is 0. The van der Waals surface area contributed by atoms with Crippen molar-refractivity contribution in [3.8, 4) is 0 Å². The number of hydrogen-bond acceptors (Lipinski definition) is 8. The quantitative estimate of drug-likeness (QED) is 0.616. The molecule has 10 heteroatoms. The molecule has 0 aromatic carbocycles. The molecule has 4 atom stereocenters. The minimum atomic E-state index is -1.19. The van der Waals surface area contributed by atoms with E-state index in [0.717, 1.165) is 0 Å². The van der Waals surface area contributed by atoms with E-state index in [2.05, 4.69) is 26.8 Å². The zero-order chi connectivity index (χ0) is 19.7. The fourth-order valence-corrected chi connectivity index (χ4v) is 2.73. The van der Waals surface area contributed by atoms with Gasteiger partial charge in [0.05, 0.1) is 19.0 Å². The van der Waals surface area contributed by atoms with Crippen LogP contribution in [0.1, 0.15) is 27.0 Å². The van der Waals surface area contributed by atoms with Gasteiger partial charge in [-0.05, 0) is 20.8 Å². The van der Waals surface area contributed by atoms with Crippen LogP contribution in [0.5, 0.6) is 0 Å². The summed E-state index contributed by atoms with van der Waals surface area (Å²) in [5, 5.41) is 23.3. The normalized spacial score (nSPS) is 25.3. The Morgan fingerprint density at radius 3 is 2.78 bits per heavy atom. The average Bonchev–Trinajstić information content (AvgIpc) is 3.16. The van der Waals surface area contributed by atoms with Gasteiger partial charge in [-0.3, -0.25) is 9.36 Å². The number of carbonyl (C=O) groups excluding carboxylic acids is 1. The molecule has 146 valence electrons. The second-order valence-electron chi connectivity index (χ2n) is 6.71. The molecule has 2 aromatic rings. The zero-order valence-corrected chi connectivity index (χ0v) is 15.4. The van der Waals surface area contributed by atoms with Crippen LogP contribution in [-0.4, -0.2) is 66.7 Å². The summed E-state index contributed by atoms with van der Waals surface area (Å²) >= 11 is 0. The fourth-order valence-electron chi connectivity index (χ4n) is 2.73. The van der Waals surface area contributed by atoms with Crippen LogP contribution in [0, 0.1) is 0 Å². The first-order valence-electron chi connectivity index (χ1n) is 8.57. The lowest BCUT2D eigenvalue weighted by Gasteiger charge is -2.17. The van der Waals surface area contributed by atoms with Gasteiger partial charge in [0.25, 0.3) is 5.91 Å². The lowest BCUT2D eigenvalue weighted by atomic mass is 10.1.